The van der Waals surface area contributed by atoms with Gasteiger partial charge in [0.1, 0.15) is 23.6 Å². The van der Waals surface area contributed by atoms with Crippen LogP contribution in [-0.2, 0) is 11.3 Å². The molecule has 0 bridgehead atoms. The topological polar surface area (TPSA) is 171 Å². The van der Waals surface area contributed by atoms with Gasteiger partial charge in [-0.3, -0.25) is 9.59 Å². The normalized spacial score (nSPS) is 20.2. The number of tetrazole rings is 1. The Labute approximate surface area is 229 Å². The molecule has 1 saturated heterocycles. The summed E-state index contributed by atoms with van der Waals surface area (Å²) in [7, 11) is 1.34. The number of nitrogens with one attached hydrogen (secondary N) is 1. The molecule has 4 aromatic heterocycles. The number of halogens is 3. The first-order valence-electron chi connectivity index (χ1n) is 12.6. The molecule has 214 valence electrons. The summed E-state index contributed by atoms with van der Waals surface area (Å²) in [5, 5.41) is 18.5. The highest BCUT2D eigenvalue weighted by molar-refractivity contribution is 5.98. The van der Waals surface area contributed by atoms with Crippen LogP contribution in [0.4, 0.5) is 19.0 Å². The first-order valence-corrected chi connectivity index (χ1v) is 12.6. The highest BCUT2D eigenvalue weighted by atomic mass is 19.3. The number of alkyl halides is 3. The van der Waals surface area contributed by atoms with E-state index >= 15 is 0 Å². The van der Waals surface area contributed by atoms with E-state index in [1.807, 2.05) is 0 Å². The number of pyridine rings is 1. The van der Waals surface area contributed by atoms with E-state index in [9.17, 15) is 22.8 Å². The Balaban J connectivity index is 1.26. The van der Waals surface area contributed by atoms with Crippen molar-refractivity contribution in [2.45, 2.75) is 37.5 Å². The highest BCUT2D eigenvalue weighted by Gasteiger charge is 2.51. The summed E-state index contributed by atoms with van der Waals surface area (Å²) < 4.78 is 48.1. The minimum atomic E-state index is -2.87. The fraction of sp³-hybridized carbons (Fsp3) is 0.417. The molecule has 1 aliphatic carbocycles. The number of nitrogen functional groups attached to an aromatic ring is 1. The fourth-order valence-corrected chi connectivity index (χ4v) is 5.22. The first-order chi connectivity index (χ1) is 19.6. The molecule has 6 rings (SSSR count). The van der Waals surface area contributed by atoms with Gasteiger partial charge in [0, 0.05) is 42.6 Å². The lowest BCUT2D eigenvalue weighted by atomic mass is 9.80. The number of likely N-dealkylation sites (tertiary alicyclic amines) is 1. The number of methoxy groups -OCH3 is 1. The van der Waals surface area contributed by atoms with Crippen LogP contribution in [-0.4, -0.2) is 94.8 Å². The van der Waals surface area contributed by atoms with E-state index in [-0.39, 0.29) is 36.9 Å². The van der Waals surface area contributed by atoms with E-state index in [2.05, 4.69) is 35.8 Å². The molecule has 0 spiro atoms. The molecule has 2 atom stereocenters. The Morgan fingerprint density at radius 3 is 2.68 bits per heavy atom. The maximum absolute atomic E-state index is 14.9. The molecule has 5 heterocycles. The first kappa shape index (κ1) is 26.4. The Morgan fingerprint density at radius 2 is 1.98 bits per heavy atom. The van der Waals surface area contributed by atoms with Crippen LogP contribution >= 0.6 is 0 Å². The molecule has 0 radical (unpaired) electrons. The average molecular weight is 572 g/mol. The van der Waals surface area contributed by atoms with Crippen LogP contribution in [0.15, 0.2) is 31.0 Å². The third-order valence-electron chi connectivity index (χ3n) is 7.27. The van der Waals surface area contributed by atoms with Crippen molar-refractivity contribution < 1.29 is 27.5 Å². The van der Waals surface area contributed by atoms with E-state index in [0.29, 0.717) is 22.3 Å². The van der Waals surface area contributed by atoms with Gasteiger partial charge in [0.25, 0.3) is 5.91 Å². The Kier molecular flexibility index (Phi) is 6.42. The lowest BCUT2D eigenvalue weighted by Gasteiger charge is -2.36. The van der Waals surface area contributed by atoms with E-state index in [0.717, 1.165) is 0 Å². The molecule has 17 heteroatoms. The van der Waals surface area contributed by atoms with Crippen LogP contribution in [0.1, 0.15) is 28.8 Å². The second-order valence-corrected chi connectivity index (χ2v) is 10.0. The Bertz CT molecular complexity index is 1620. The van der Waals surface area contributed by atoms with Crippen molar-refractivity contribution in [1.29, 1.82) is 0 Å². The van der Waals surface area contributed by atoms with E-state index in [1.54, 1.807) is 10.6 Å². The van der Waals surface area contributed by atoms with Crippen LogP contribution in [0, 0.1) is 5.92 Å². The average Bonchev–Trinajstić information content (AvgIpc) is 3.67. The number of amides is 2. The van der Waals surface area contributed by atoms with Crippen molar-refractivity contribution in [3.63, 3.8) is 0 Å². The monoisotopic (exact) mass is 571 g/mol. The van der Waals surface area contributed by atoms with Crippen LogP contribution in [0.3, 0.4) is 0 Å². The molecule has 4 aromatic rings. The van der Waals surface area contributed by atoms with Crippen LogP contribution < -0.4 is 15.8 Å². The van der Waals surface area contributed by atoms with Crippen molar-refractivity contribution in [3.05, 3.63) is 42.1 Å². The predicted molar refractivity (Wildman–Crippen MR) is 135 cm³/mol. The molecular weight excluding hydrogens is 547 g/mol. The maximum atomic E-state index is 14.9. The number of nitrogens with zero attached hydrogens (tertiary/aromatic N) is 9. The van der Waals surface area contributed by atoms with Crippen molar-refractivity contribution >= 4 is 23.1 Å². The zero-order valence-corrected chi connectivity index (χ0v) is 21.6. The zero-order chi connectivity index (χ0) is 28.9. The summed E-state index contributed by atoms with van der Waals surface area (Å²) in [4.78, 5) is 36.7. The third-order valence-corrected chi connectivity index (χ3v) is 7.27. The second-order valence-electron chi connectivity index (χ2n) is 10.0. The molecule has 0 unspecified atom stereocenters. The van der Waals surface area contributed by atoms with Crippen molar-refractivity contribution in [2.24, 2.45) is 5.92 Å². The Hall–Kier alpha value is -4.83. The van der Waals surface area contributed by atoms with Gasteiger partial charge in [-0.25, -0.2) is 27.7 Å². The van der Waals surface area contributed by atoms with Gasteiger partial charge in [-0.2, -0.15) is 9.90 Å². The van der Waals surface area contributed by atoms with Gasteiger partial charge in [0.2, 0.25) is 17.7 Å². The summed E-state index contributed by atoms with van der Waals surface area (Å²) in [6.45, 7) is -0.213. The molecule has 2 aliphatic rings. The minimum Gasteiger partial charge on any atom is -0.480 e. The second kappa shape index (κ2) is 9.97. The predicted octanol–water partition coefficient (Wildman–Crippen LogP) is 0.741. The van der Waals surface area contributed by atoms with Crippen molar-refractivity contribution in [3.8, 4) is 17.1 Å². The summed E-state index contributed by atoms with van der Waals surface area (Å²) in [5.41, 5.74) is 8.32. The summed E-state index contributed by atoms with van der Waals surface area (Å²) in [6.07, 6.45) is 1.39. The standard InChI is InChI=1S/C24H24F3N11O3/c1-41-22-15(21(39)34-17-9-36(8-16(17)25)23(40)14-4-24(26,27)5-14)2-12(6-29-22)18-3-13(7-37-32-11-31-35-37)19-20(28)30-10-33-38(18)19/h2-3,6,10-11,14,16-17H,4-5,7-9H2,1H3,(H,34,39)(H2,28,30,33)/t16-,17+/m0/s1. The van der Waals surface area contributed by atoms with Gasteiger partial charge in [-0.1, -0.05) is 0 Å². The zero-order valence-electron chi connectivity index (χ0n) is 21.6. The fourth-order valence-electron chi connectivity index (χ4n) is 5.22. The van der Waals surface area contributed by atoms with Crippen LogP contribution in [0.5, 0.6) is 5.88 Å². The molecule has 2 amide bonds. The molecule has 1 aliphatic heterocycles. The van der Waals surface area contributed by atoms with E-state index in [1.165, 1.54) is 41.7 Å². The number of rotatable bonds is 7. The van der Waals surface area contributed by atoms with Gasteiger partial charge in [-0.15, -0.1) is 10.2 Å². The molecule has 0 aromatic carbocycles. The van der Waals surface area contributed by atoms with Crippen molar-refractivity contribution in [1.82, 2.24) is 50.0 Å². The van der Waals surface area contributed by atoms with Gasteiger partial charge >= 0.3 is 0 Å². The number of ether oxygens (including phenoxy) is 1. The van der Waals surface area contributed by atoms with Gasteiger partial charge in [0.05, 0.1) is 31.9 Å². The minimum absolute atomic E-state index is 0.00803. The Morgan fingerprint density at radius 1 is 1.17 bits per heavy atom. The number of aromatic nitrogens is 8. The molecule has 1 saturated carbocycles. The summed E-state index contributed by atoms with van der Waals surface area (Å²) >= 11 is 0. The number of anilines is 1. The summed E-state index contributed by atoms with van der Waals surface area (Å²) in [5.74, 6) is -4.72. The number of hydrogen-bond acceptors (Lipinski definition) is 10. The molecular formula is C24H24F3N11O3. The molecule has 3 N–H and O–H groups in total. The third kappa shape index (κ3) is 4.87. The lowest BCUT2D eigenvalue weighted by Crippen LogP contribution is -2.47. The quantitative estimate of drug-likeness (QED) is 0.322. The van der Waals surface area contributed by atoms with Gasteiger partial charge in [-0.05, 0) is 17.3 Å². The molecule has 2 fully saturated rings. The highest BCUT2D eigenvalue weighted by Crippen LogP contribution is 2.43. The smallest absolute Gasteiger partial charge is 0.257 e. The van der Waals surface area contributed by atoms with Crippen LogP contribution in [0.2, 0.25) is 0 Å². The van der Waals surface area contributed by atoms with Gasteiger partial charge in [0.15, 0.2) is 12.1 Å². The number of hydrogen-bond donors (Lipinski definition) is 2. The number of fused-ring (bicyclic) bond motifs is 1. The van der Waals surface area contributed by atoms with Crippen molar-refractivity contribution in [2.75, 3.05) is 25.9 Å². The van der Waals surface area contributed by atoms with E-state index < -0.39 is 48.7 Å². The lowest BCUT2D eigenvalue weighted by molar-refractivity contribution is -0.159. The maximum Gasteiger partial charge on any atom is 0.257 e. The molecule has 41 heavy (non-hydrogen) atoms. The SMILES string of the molecule is COc1ncc(-c2cc(Cn3ncnn3)c3c(N)ncnn23)cc1C(=O)N[C@@H]1CN(C(=O)C2CC(F)(F)C2)C[C@@H]1F. The number of nitrogens with two attached hydrogens (primary N) is 1. The molecule has 14 nitrogen and oxygen atoms in total. The van der Waals surface area contributed by atoms with E-state index in [4.69, 9.17) is 10.5 Å². The largest absolute Gasteiger partial charge is 0.480 e. The van der Waals surface area contributed by atoms with Crippen LogP contribution in [0.25, 0.3) is 16.8 Å². The summed E-state index contributed by atoms with van der Waals surface area (Å²) in [6, 6.07) is 2.25. The van der Waals surface area contributed by atoms with Gasteiger partial charge < -0.3 is 20.7 Å². The number of carbonyl (C=O) groups excluding carboxylic acids is 2. The number of carbonyl (C=O) groups is 2.